The molecule has 1 unspecified atom stereocenters. The van der Waals surface area contributed by atoms with E-state index >= 15 is 0 Å². The van der Waals surface area contributed by atoms with Crippen LogP contribution in [-0.4, -0.2) is 41.5 Å². The quantitative estimate of drug-likeness (QED) is 0.825. The van der Waals surface area contributed by atoms with E-state index in [2.05, 4.69) is 11.4 Å². The van der Waals surface area contributed by atoms with Crippen molar-refractivity contribution in [3.05, 3.63) is 29.3 Å². The van der Waals surface area contributed by atoms with Gasteiger partial charge in [-0.1, -0.05) is 0 Å². The molecule has 1 amide bonds. The molecule has 1 fully saturated rings. The Labute approximate surface area is 155 Å². The van der Waals surface area contributed by atoms with Gasteiger partial charge >= 0.3 is 6.09 Å². The number of nitrogens with zero attached hydrogens (tertiary/aromatic N) is 2. The molecule has 2 rings (SSSR count). The van der Waals surface area contributed by atoms with Crippen molar-refractivity contribution in [1.29, 1.82) is 5.26 Å². The Morgan fingerprint density at radius 2 is 2.08 bits per heavy atom. The van der Waals surface area contributed by atoms with Crippen LogP contribution in [0, 0.1) is 11.3 Å². The van der Waals surface area contributed by atoms with Gasteiger partial charge in [-0.3, -0.25) is 4.79 Å². The van der Waals surface area contributed by atoms with Gasteiger partial charge in [0, 0.05) is 18.7 Å². The highest BCUT2D eigenvalue weighted by Gasteiger charge is 2.30. The zero-order chi connectivity index (χ0) is 19.3. The van der Waals surface area contributed by atoms with Gasteiger partial charge in [-0.2, -0.15) is 5.26 Å². The number of nitrogens with one attached hydrogen (secondary N) is 1. The van der Waals surface area contributed by atoms with Gasteiger partial charge in [0.05, 0.1) is 17.3 Å². The molecule has 1 aromatic rings. The third-order valence-electron chi connectivity index (χ3n) is 4.33. The van der Waals surface area contributed by atoms with Crippen molar-refractivity contribution in [3.8, 4) is 6.07 Å². The van der Waals surface area contributed by atoms with Gasteiger partial charge < -0.3 is 15.0 Å². The van der Waals surface area contributed by atoms with E-state index < -0.39 is 5.60 Å². The number of carbonyl (C=O) groups excluding carboxylic acids is 2. The maximum absolute atomic E-state index is 12.5. The fraction of sp³-hybridized carbons (Fsp3) is 0.550. The monoisotopic (exact) mass is 357 g/mol. The van der Waals surface area contributed by atoms with Gasteiger partial charge in [-0.15, -0.1) is 0 Å². The number of piperidine rings is 1. The van der Waals surface area contributed by atoms with Crippen molar-refractivity contribution in [2.24, 2.45) is 0 Å². The summed E-state index contributed by atoms with van der Waals surface area (Å²) in [6.07, 6.45) is 2.58. The van der Waals surface area contributed by atoms with Gasteiger partial charge in [0.15, 0.2) is 5.78 Å². The maximum atomic E-state index is 12.5. The molecule has 0 aromatic heterocycles. The van der Waals surface area contributed by atoms with Gasteiger partial charge in [-0.05, 0) is 65.2 Å². The first-order chi connectivity index (χ1) is 12.2. The second-order valence-corrected chi connectivity index (χ2v) is 7.63. The number of hydrogen-bond acceptors (Lipinski definition) is 5. The van der Waals surface area contributed by atoms with Crippen LogP contribution in [0.3, 0.4) is 0 Å². The van der Waals surface area contributed by atoms with Crippen molar-refractivity contribution < 1.29 is 14.3 Å². The summed E-state index contributed by atoms with van der Waals surface area (Å²) in [6.45, 7) is 8.24. The summed E-state index contributed by atoms with van der Waals surface area (Å²) >= 11 is 0. The zero-order valence-corrected chi connectivity index (χ0v) is 16.0. The summed E-state index contributed by atoms with van der Waals surface area (Å²) in [5.41, 5.74) is 1.12. The van der Waals surface area contributed by atoms with Gasteiger partial charge in [0.1, 0.15) is 11.7 Å². The summed E-state index contributed by atoms with van der Waals surface area (Å²) in [7, 11) is 0. The van der Waals surface area contributed by atoms with Crippen LogP contribution in [0.5, 0.6) is 0 Å². The van der Waals surface area contributed by atoms with Gasteiger partial charge in [0.25, 0.3) is 0 Å². The van der Waals surface area contributed by atoms with Crippen molar-refractivity contribution >= 4 is 17.6 Å². The molecule has 1 heterocycles. The van der Waals surface area contributed by atoms with Crippen LogP contribution in [-0.2, 0) is 4.74 Å². The standard InChI is InChI=1S/C20H27N3O3/c1-14(24)15-8-9-16(12-21)18(11-15)22-13-17-7-5-6-10-23(17)19(25)26-20(2,3)4/h8-9,11,17,22H,5-7,10,13H2,1-4H3. The van der Waals surface area contributed by atoms with Crippen LogP contribution in [0.15, 0.2) is 18.2 Å². The molecule has 1 N–H and O–H groups in total. The Morgan fingerprint density at radius 1 is 1.35 bits per heavy atom. The molecule has 6 nitrogen and oxygen atoms in total. The Balaban J connectivity index is 2.11. The minimum atomic E-state index is -0.531. The lowest BCUT2D eigenvalue weighted by Gasteiger charge is -2.37. The summed E-state index contributed by atoms with van der Waals surface area (Å²) in [4.78, 5) is 25.8. The number of nitriles is 1. The average Bonchev–Trinajstić information content (AvgIpc) is 2.58. The summed E-state index contributed by atoms with van der Waals surface area (Å²) in [5.74, 6) is -0.0504. The van der Waals surface area contributed by atoms with E-state index in [1.54, 1.807) is 23.1 Å². The Morgan fingerprint density at radius 3 is 2.69 bits per heavy atom. The lowest BCUT2D eigenvalue weighted by molar-refractivity contribution is 0.0114. The summed E-state index contributed by atoms with van der Waals surface area (Å²) < 4.78 is 5.52. The van der Waals surface area contributed by atoms with Crippen LogP contribution in [0.4, 0.5) is 10.5 Å². The summed E-state index contributed by atoms with van der Waals surface area (Å²) in [5, 5.41) is 12.5. The highest BCUT2D eigenvalue weighted by molar-refractivity contribution is 5.95. The smallest absolute Gasteiger partial charge is 0.410 e. The molecule has 26 heavy (non-hydrogen) atoms. The van der Waals surface area contributed by atoms with Crippen LogP contribution in [0.2, 0.25) is 0 Å². The third-order valence-corrected chi connectivity index (χ3v) is 4.33. The number of Topliss-reactive ketones (excluding diaryl/α,β-unsaturated/α-hetero) is 1. The van der Waals surface area contributed by atoms with E-state index in [1.807, 2.05) is 20.8 Å². The SMILES string of the molecule is CC(=O)c1ccc(C#N)c(NCC2CCCCN2C(=O)OC(C)(C)C)c1. The number of likely N-dealkylation sites (tertiary alicyclic amines) is 1. The number of benzene rings is 1. The van der Waals surface area contributed by atoms with Crippen LogP contribution < -0.4 is 5.32 Å². The molecule has 0 bridgehead atoms. The first kappa shape index (κ1) is 19.8. The molecule has 1 aliphatic heterocycles. The van der Waals surface area contributed by atoms with Crippen LogP contribution in [0.25, 0.3) is 0 Å². The largest absolute Gasteiger partial charge is 0.444 e. The number of anilines is 1. The third kappa shape index (κ3) is 5.22. The van der Waals surface area contributed by atoms with Crippen molar-refractivity contribution in [2.75, 3.05) is 18.4 Å². The van der Waals surface area contributed by atoms with E-state index in [0.717, 1.165) is 19.3 Å². The second-order valence-electron chi connectivity index (χ2n) is 7.63. The fourth-order valence-electron chi connectivity index (χ4n) is 3.01. The first-order valence-electron chi connectivity index (χ1n) is 9.00. The number of ketones is 1. The normalized spacial score (nSPS) is 17.3. The van der Waals surface area contributed by atoms with E-state index in [9.17, 15) is 14.9 Å². The highest BCUT2D eigenvalue weighted by atomic mass is 16.6. The Bertz CT molecular complexity index is 716. The van der Waals surface area contributed by atoms with Crippen molar-refractivity contribution in [1.82, 2.24) is 4.90 Å². The Kier molecular flexibility index (Phi) is 6.25. The van der Waals surface area contributed by atoms with Gasteiger partial charge in [0.2, 0.25) is 0 Å². The molecule has 1 aromatic carbocycles. The van der Waals surface area contributed by atoms with E-state index in [-0.39, 0.29) is 17.9 Å². The zero-order valence-electron chi connectivity index (χ0n) is 16.0. The molecule has 1 saturated heterocycles. The predicted molar refractivity (Wildman–Crippen MR) is 100 cm³/mol. The topological polar surface area (TPSA) is 82.4 Å². The highest BCUT2D eigenvalue weighted by Crippen LogP contribution is 2.23. The number of ether oxygens (including phenoxy) is 1. The van der Waals surface area contributed by atoms with Crippen LogP contribution >= 0.6 is 0 Å². The lowest BCUT2D eigenvalue weighted by atomic mass is 10.0. The fourth-order valence-corrected chi connectivity index (χ4v) is 3.01. The summed E-state index contributed by atoms with van der Waals surface area (Å²) in [6, 6.07) is 7.12. The minimum Gasteiger partial charge on any atom is -0.444 e. The minimum absolute atomic E-state index is 0.00822. The van der Waals surface area contributed by atoms with Crippen molar-refractivity contribution in [3.63, 3.8) is 0 Å². The lowest BCUT2D eigenvalue weighted by Crippen LogP contribution is -2.48. The molecule has 1 aliphatic rings. The second kappa shape index (κ2) is 8.22. The number of carbonyl (C=O) groups is 2. The molecule has 140 valence electrons. The predicted octanol–water partition coefficient (Wildman–Crippen LogP) is 3.96. The molecule has 0 aliphatic carbocycles. The van der Waals surface area contributed by atoms with E-state index in [0.29, 0.717) is 29.9 Å². The molecule has 0 saturated carbocycles. The van der Waals surface area contributed by atoms with Crippen molar-refractivity contribution in [2.45, 2.75) is 58.6 Å². The van der Waals surface area contributed by atoms with E-state index in [4.69, 9.17) is 4.74 Å². The molecule has 0 radical (unpaired) electrons. The van der Waals surface area contributed by atoms with E-state index in [1.165, 1.54) is 6.92 Å². The first-order valence-corrected chi connectivity index (χ1v) is 9.00. The van der Waals surface area contributed by atoms with Crippen LogP contribution in [0.1, 0.15) is 62.9 Å². The molecule has 0 spiro atoms. The van der Waals surface area contributed by atoms with Gasteiger partial charge in [-0.25, -0.2) is 4.79 Å². The number of rotatable bonds is 4. The number of amides is 1. The molecular weight excluding hydrogens is 330 g/mol. The molecular formula is C20H27N3O3. The number of hydrogen-bond donors (Lipinski definition) is 1. The molecule has 6 heteroatoms. The maximum Gasteiger partial charge on any atom is 0.410 e. The Hall–Kier alpha value is -2.55. The average molecular weight is 357 g/mol. The molecule has 1 atom stereocenters.